The Hall–Kier alpha value is -1.99. The highest BCUT2D eigenvalue weighted by Gasteiger charge is 2.44. The van der Waals surface area contributed by atoms with Crippen molar-refractivity contribution in [1.29, 1.82) is 0 Å². The standard InChI is InChI=1S/C25H36O7/c1-5-25(3,4)24(30)32-20-11-15(13-26)10-16-7-6-14(2)18(21(16)20)9-8-17-12-19(27)22(28)23(29)31-17/h7,10,14,17-21,26-27H,5-6,8-9,11-13H2,1-4H3/t14-,17+,18-,19+,20-,21-/m0/s1. The monoisotopic (exact) mass is 448 g/mol. The van der Waals surface area contributed by atoms with Crippen LogP contribution in [0.1, 0.15) is 66.2 Å². The highest BCUT2D eigenvalue weighted by molar-refractivity contribution is 6.35. The van der Waals surface area contributed by atoms with E-state index in [0.29, 0.717) is 25.2 Å². The number of ketones is 1. The maximum Gasteiger partial charge on any atom is 0.377 e. The second-order valence-corrected chi connectivity index (χ2v) is 10.2. The number of carbonyl (C=O) groups is 3. The van der Waals surface area contributed by atoms with Gasteiger partial charge in [-0.3, -0.25) is 9.59 Å². The van der Waals surface area contributed by atoms with Crippen LogP contribution in [0.15, 0.2) is 23.3 Å². The molecule has 0 aromatic heterocycles. The van der Waals surface area contributed by atoms with E-state index >= 15 is 0 Å². The summed E-state index contributed by atoms with van der Waals surface area (Å²) >= 11 is 0. The van der Waals surface area contributed by atoms with Gasteiger partial charge in [0, 0.05) is 18.8 Å². The first-order valence-electron chi connectivity index (χ1n) is 11.7. The summed E-state index contributed by atoms with van der Waals surface area (Å²) in [6.07, 6.45) is 5.47. The first kappa shape index (κ1) is 24.6. The van der Waals surface area contributed by atoms with Crippen LogP contribution in [-0.4, -0.2) is 52.9 Å². The van der Waals surface area contributed by atoms with Gasteiger partial charge in [-0.2, -0.15) is 0 Å². The molecule has 0 aromatic carbocycles. The van der Waals surface area contributed by atoms with E-state index in [9.17, 15) is 24.6 Å². The third kappa shape index (κ3) is 5.15. The second-order valence-electron chi connectivity index (χ2n) is 10.2. The summed E-state index contributed by atoms with van der Waals surface area (Å²) in [7, 11) is 0. The fourth-order valence-corrected chi connectivity index (χ4v) is 4.99. The number of hydrogen-bond donors (Lipinski definition) is 2. The molecule has 6 atom stereocenters. The zero-order valence-corrected chi connectivity index (χ0v) is 19.5. The molecule has 0 aromatic rings. The van der Waals surface area contributed by atoms with Gasteiger partial charge in [-0.15, -0.1) is 0 Å². The number of ether oxygens (including phenoxy) is 2. The van der Waals surface area contributed by atoms with Crippen LogP contribution in [0.25, 0.3) is 0 Å². The Balaban J connectivity index is 1.79. The van der Waals surface area contributed by atoms with Crippen LogP contribution in [0, 0.1) is 23.2 Å². The molecular weight excluding hydrogens is 412 g/mol. The van der Waals surface area contributed by atoms with Gasteiger partial charge in [-0.25, -0.2) is 4.79 Å². The number of fused-ring (bicyclic) bond motifs is 1. The molecule has 7 heteroatoms. The molecule has 3 rings (SSSR count). The Bertz CT molecular complexity index is 809. The van der Waals surface area contributed by atoms with Gasteiger partial charge in [0.15, 0.2) is 0 Å². The number of hydrogen-bond acceptors (Lipinski definition) is 7. The first-order chi connectivity index (χ1) is 15.1. The van der Waals surface area contributed by atoms with Crippen molar-refractivity contribution >= 4 is 17.7 Å². The van der Waals surface area contributed by atoms with E-state index in [1.807, 2.05) is 26.8 Å². The van der Waals surface area contributed by atoms with Gasteiger partial charge >= 0.3 is 11.9 Å². The molecule has 1 saturated heterocycles. The maximum absolute atomic E-state index is 12.9. The molecule has 3 aliphatic rings. The summed E-state index contributed by atoms with van der Waals surface area (Å²) in [4.78, 5) is 36.1. The molecule has 7 nitrogen and oxygen atoms in total. The maximum atomic E-state index is 12.9. The molecule has 0 bridgehead atoms. The predicted octanol–water partition coefficient (Wildman–Crippen LogP) is 2.88. The van der Waals surface area contributed by atoms with Crippen molar-refractivity contribution in [3.05, 3.63) is 23.3 Å². The second kappa shape index (κ2) is 9.87. The van der Waals surface area contributed by atoms with Gasteiger partial charge < -0.3 is 19.7 Å². The molecule has 0 radical (unpaired) electrons. The molecular formula is C25H36O7. The summed E-state index contributed by atoms with van der Waals surface area (Å²) in [5.41, 5.74) is 1.36. The van der Waals surface area contributed by atoms with Crippen molar-refractivity contribution in [2.75, 3.05) is 6.61 Å². The Labute approximate surface area is 189 Å². The Morgan fingerprint density at radius 2 is 2.00 bits per heavy atom. The Kier molecular flexibility index (Phi) is 7.61. The lowest BCUT2D eigenvalue weighted by Crippen LogP contribution is -2.44. The van der Waals surface area contributed by atoms with Crippen LogP contribution in [0.4, 0.5) is 0 Å². The molecule has 0 unspecified atom stereocenters. The van der Waals surface area contributed by atoms with E-state index in [2.05, 4.69) is 13.0 Å². The average molecular weight is 449 g/mol. The zero-order chi connectivity index (χ0) is 23.6. The molecule has 0 saturated carbocycles. The molecule has 0 amide bonds. The predicted molar refractivity (Wildman–Crippen MR) is 117 cm³/mol. The molecule has 178 valence electrons. The third-order valence-electron chi connectivity index (χ3n) is 7.52. The molecule has 0 spiro atoms. The molecule has 1 heterocycles. The van der Waals surface area contributed by atoms with Crippen LogP contribution >= 0.6 is 0 Å². The van der Waals surface area contributed by atoms with Gasteiger partial charge in [-0.05, 0) is 62.5 Å². The fourth-order valence-electron chi connectivity index (χ4n) is 4.99. The van der Waals surface area contributed by atoms with E-state index < -0.39 is 29.4 Å². The number of carbonyl (C=O) groups excluding carboxylic acids is 3. The highest BCUT2D eigenvalue weighted by atomic mass is 16.6. The Morgan fingerprint density at radius 3 is 2.62 bits per heavy atom. The number of rotatable bonds is 7. The SMILES string of the molecule is CCC(C)(C)C(=O)O[C@H]1CC(CO)=CC2=CC[C@H](C)[C@H](CC[C@@H]3C[C@@H](O)C(=O)C(=O)O3)[C@H]21. The van der Waals surface area contributed by atoms with E-state index in [4.69, 9.17) is 9.47 Å². The quantitative estimate of drug-likeness (QED) is 0.455. The highest BCUT2D eigenvalue weighted by Crippen LogP contribution is 2.46. The van der Waals surface area contributed by atoms with Crippen molar-refractivity contribution in [2.45, 2.75) is 84.5 Å². The summed E-state index contributed by atoms with van der Waals surface area (Å²) in [6.45, 7) is 7.82. The molecule has 2 aliphatic carbocycles. The lowest BCUT2D eigenvalue weighted by Gasteiger charge is -2.44. The van der Waals surface area contributed by atoms with Gasteiger partial charge in [0.2, 0.25) is 0 Å². The first-order valence-corrected chi connectivity index (χ1v) is 11.7. The average Bonchev–Trinajstić information content (AvgIpc) is 2.76. The lowest BCUT2D eigenvalue weighted by atomic mass is 9.65. The number of cyclic esters (lactones) is 1. The van der Waals surface area contributed by atoms with Crippen molar-refractivity contribution < 1.29 is 34.1 Å². The molecule has 1 aliphatic heterocycles. The lowest BCUT2D eigenvalue weighted by molar-refractivity contribution is -0.170. The van der Waals surface area contributed by atoms with E-state index in [-0.39, 0.29) is 36.9 Å². The summed E-state index contributed by atoms with van der Waals surface area (Å²) in [6, 6.07) is 0. The summed E-state index contributed by atoms with van der Waals surface area (Å²) in [5.74, 6) is -1.56. The van der Waals surface area contributed by atoms with Gasteiger partial charge in [0.25, 0.3) is 5.78 Å². The van der Waals surface area contributed by atoms with Crippen LogP contribution in [0.3, 0.4) is 0 Å². The zero-order valence-electron chi connectivity index (χ0n) is 19.5. The normalized spacial score (nSPS) is 33.1. The van der Waals surface area contributed by atoms with E-state index in [1.54, 1.807) is 0 Å². The molecule has 1 fully saturated rings. The van der Waals surface area contributed by atoms with Crippen molar-refractivity contribution in [1.82, 2.24) is 0 Å². The van der Waals surface area contributed by atoms with Gasteiger partial charge in [-0.1, -0.05) is 26.0 Å². The third-order valence-corrected chi connectivity index (χ3v) is 7.52. The smallest absolute Gasteiger partial charge is 0.377 e. The largest absolute Gasteiger partial charge is 0.461 e. The van der Waals surface area contributed by atoms with Crippen molar-refractivity contribution in [3.8, 4) is 0 Å². The minimum absolute atomic E-state index is 0.00324. The van der Waals surface area contributed by atoms with Crippen LogP contribution in [0.5, 0.6) is 0 Å². The number of aliphatic hydroxyl groups is 2. The number of Topliss-reactive ketones (excluding diaryl/α,β-unsaturated/α-hetero) is 1. The minimum atomic E-state index is -1.30. The molecule has 2 N–H and O–H groups in total. The number of aliphatic hydroxyl groups excluding tert-OH is 2. The summed E-state index contributed by atoms with van der Waals surface area (Å²) < 4.78 is 11.3. The van der Waals surface area contributed by atoms with Crippen molar-refractivity contribution in [2.24, 2.45) is 23.2 Å². The van der Waals surface area contributed by atoms with Crippen LogP contribution in [0.2, 0.25) is 0 Å². The summed E-state index contributed by atoms with van der Waals surface area (Å²) in [5, 5.41) is 19.6. The Morgan fingerprint density at radius 1 is 1.28 bits per heavy atom. The van der Waals surface area contributed by atoms with Crippen LogP contribution in [-0.2, 0) is 23.9 Å². The molecule has 32 heavy (non-hydrogen) atoms. The van der Waals surface area contributed by atoms with Crippen molar-refractivity contribution in [3.63, 3.8) is 0 Å². The minimum Gasteiger partial charge on any atom is -0.461 e. The van der Waals surface area contributed by atoms with Crippen LogP contribution < -0.4 is 0 Å². The number of esters is 2. The number of allylic oxidation sites excluding steroid dienone is 2. The topological polar surface area (TPSA) is 110 Å². The fraction of sp³-hybridized carbons (Fsp3) is 0.720. The van der Waals surface area contributed by atoms with Gasteiger partial charge in [0.1, 0.15) is 18.3 Å². The van der Waals surface area contributed by atoms with E-state index in [1.165, 1.54) is 0 Å². The van der Waals surface area contributed by atoms with E-state index in [0.717, 1.165) is 24.0 Å². The van der Waals surface area contributed by atoms with Gasteiger partial charge in [0.05, 0.1) is 12.0 Å².